The maximum absolute atomic E-state index is 10.8. The van der Waals surface area contributed by atoms with Gasteiger partial charge in [0.1, 0.15) is 0 Å². The minimum atomic E-state index is -1.54. The van der Waals surface area contributed by atoms with Gasteiger partial charge in [-0.15, -0.1) is 0 Å². The predicted molar refractivity (Wildman–Crippen MR) is 48.4 cm³/mol. The molecule has 3 nitrogen and oxygen atoms in total. The van der Waals surface area contributed by atoms with Gasteiger partial charge in [0.15, 0.2) is 0 Å². The summed E-state index contributed by atoms with van der Waals surface area (Å²) >= 11 is -1.54. The molecular formula is C9H14HgNO2+. The van der Waals surface area contributed by atoms with Crippen LogP contribution in [0.3, 0.4) is 0 Å². The van der Waals surface area contributed by atoms with Crippen molar-refractivity contribution < 1.29 is 32.5 Å². The molecule has 0 spiro atoms. The van der Waals surface area contributed by atoms with E-state index in [4.69, 9.17) is 2.64 Å². The minimum absolute atomic E-state index is 0. The molecule has 1 aromatic rings. The van der Waals surface area contributed by atoms with Gasteiger partial charge in [-0.05, 0) is 0 Å². The first-order valence-electron chi connectivity index (χ1n) is 4.02. The van der Waals surface area contributed by atoms with E-state index < -0.39 is 25.0 Å². The standard InChI is InChI=1S/C6H5.C3H6O2.Hg.H3N/c1-2-4-6-5-3-1;1-2-3(4)5;;/h1-5H;2H2,1H3,(H,4,5);;1H3/q;;+1;. The van der Waals surface area contributed by atoms with Crippen LogP contribution in [-0.4, -0.2) is 5.97 Å². The number of carbonyl (C=O) groups excluding carboxylic acids is 1. The second-order valence-electron chi connectivity index (χ2n) is 2.50. The van der Waals surface area contributed by atoms with Gasteiger partial charge >= 0.3 is 85.2 Å². The summed E-state index contributed by atoms with van der Waals surface area (Å²) in [6, 6.07) is 10.00. The molecule has 4 heteroatoms. The largest absolute Gasteiger partial charge is 0.369 e. The fourth-order valence-corrected chi connectivity index (χ4v) is 4.71. The first-order chi connectivity index (χ1) is 5.83. The molecule has 0 atom stereocenters. The Morgan fingerprint density at radius 1 is 1.38 bits per heavy atom. The zero-order valence-corrected chi connectivity index (χ0v) is 13.6. The molecule has 13 heavy (non-hydrogen) atoms. The van der Waals surface area contributed by atoms with Crippen molar-refractivity contribution in [1.29, 1.82) is 0 Å². The molecule has 0 aliphatic rings. The van der Waals surface area contributed by atoms with E-state index in [-0.39, 0.29) is 12.1 Å². The van der Waals surface area contributed by atoms with Crippen molar-refractivity contribution in [2.75, 3.05) is 0 Å². The Morgan fingerprint density at radius 3 is 2.54 bits per heavy atom. The van der Waals surface area contributed by atoms with Crippen molar-refractivity contribution in [3.05, 3.63) is 30.3 Å². The predicted octanol–water partition coefficient (Wildman–Crippen LogP) is 1.64. The van der Waals surface area contributed by atoms with E-state index in [9.17, 15) is 4.79 Å². The number of benzene rings is 1. The Hall–Kier alpha value is -0.415. The van der Waals surface area contributed by atoms with Gasteiger partial charge in [0.25, 0.3) is 0 Å². The summed E-state index contributed by atoms with van der Waals surface area (Å²) in [7, 11) is 0. The van der Waals surface area contributed by atoms with E-state index in [0.717, 1.165) is 0 Å². The topological polar surface area (TPSA) is 62.8 Å². The van der Waals surface area contributed by atoms with Crippen LogP contribution in [0.2, 0.25) is 0 Å². The van der Waals surface area contributed by atoms with Crippen molar-refractivity contribution in [2.45, 2.75) is 13.3 Å². The van der Waals surface area contributed by atoms with Crippen LogP contribution in [0.5, 0.6) is 0 Å². The van der Waals surface area contributed by atoms with Gasteiger partial charge in [-0.25, -0.2) is 0 Å². The van der Waals surface area contributed by atoms with Crippen LogP contribution < -0.4 is 9.22 Å². The molecule has 0 aromatic heterocycles. The molecule has 0 heterocycles. The summed E-state index contributed by atoms with van der Waals surface area (Å²) in [5.41, 5.74) is 0. The summed E-state index contributed by atoms with van der Waals surface area (Å²) in [5.74, 6) is -0.0551. The molecular weight excluding hydrogens is 355 g/mol. The average Bonchev–Trinajstić information content (AvgIpc) is 2.16. The van der Waals surface area contributed by atoms with E-state index in [2.05, 4.69) is 0 Å². The molecule has 68 valence electrons. The van der Waals surface area contributed by atoms with Crippen LogP contribution in [0.4, 0.5) is 0 Å². The van der Waals surface area contributed by atoms with Crippen molar-refractivity contribution in [1.82, 2.24) is 6.15 Å². The van der Waals surface area contributed by atoms with Gasteiger partial charge in [0.2, 0.25) is 0 Å². The van der Waals surface area contributed by atoms with E-state index in [0.29, 0.717) is 6.42 Å². The maximum atomic E-state index is 10.8. The van der Waals surface area contributed by atoms with Gasteiger partial charge in [-0.3, -0.25) is 0 Å². The van der Waals surface area contributed by atoms with Crippen LogP contribution in [-0.2, 0) is 32.5 Å². The molecule has 0 bridgehead atoms. The second kappa shape index (κ2) is 7.03. The molecule has 0 radical (unpaired) electrons. The van der Waals surface area contributed by atoms with Gasteiger partial charge in [0, 0.05) is 0 Å². The van der Waals surface area contributed by atoms with Crippen molar-refractivity contribution in [3.63, 3.8) is 0 Å². The van der Waals surface area contributed by atoms with E-state index in [1.54, 1.807) is 0 Å². The fraction of sp³-hybridized carbons (Fsp3) is 0.222. The Morgan fingerprint density at radius 2 is 2.00 bits per heavy atom. The zero-order chi connectivity index (χ0) is 8.81. The first-order valence-corrected chi connectivity index (χ1v) is 9.02. The van der Waals surface area contributed by atoms with Crippen LogP contribution in [0, 0.1) is 0 Å². The fourth-order valence-electron chi connectivity index (χ4n) is 0.840. The zero-order valence-electron chi connectivity index (χ0n) is 8.12. The Balaban J connectivity index is 0.00000144. The molecule has 0 amide bonds. The average molecular weight is 369 g/mol. The molecule has 0 saturated carbocycles. The number of hydrogen-bond donors (Lipinski definition) is 1. The molecule has 0 fully saturated rings. The molecule has 1 aromatic carbocycles. The van der Waals surface area contributed by atoms with Crippen LogP contribution in [0.15, 0.2) is 30.3 Å². The quantitative estimate of drug-likeness (QED) is 0.824. The van der Waals surface area contributed by atoms with E-state index in [1.807, 2.05) is 37.3 Å². The van der Waals surface area contributed by atoms with E-state index in [1.165, 1.54) is 3.07 Å². The maximum Gasteiger partial charge on any atom is -0.369 e. The summed E-state index contributed by atoms with van der Waals surface area (Å²) < 4.78 is 6.41. The summed E-state index contributed by atoms with van der Waals surface area (Å²) in [4.78, 5) is 10.8. The smallest absolute Gasteiger partial charge is 0.369 e. The van der Waals surface area contributed by atoms with Gasteiger partial charge in [-0.1, -0.05) is 0 Å². The SMILES string of the molecule is CCC(=O)[O][Hg][c]1ccccc1.[NH4+]. The normalized spacial score (nSPS) is 8.08. The summed E-state index contributed by atoms with van der Waals surface area (Å²) in [6.07, 6.45) is 0.493. The Bertz CT molecular complexity index is 251. The monoisotopic (exact) mass is 370 g/mol. The van der Waals surface area contributed by atoms with Crippen LogP contribution in [0.1, 0.15) is 13.3 Å². The molecule has 1 rings (SSSR count). The third-order valence-corrected chi connectivity index (χ3v) is 6.47. The van der Waals surface area contributed by atoms with Gasteiger partial charge in [-0.2, -0.15) is 0 Å². The molecule has 0 aliphatic heterocycles. The van der Waals surface area contributed by atoms with Crippen molar-refractivity contribution in [3.8, 4) is 0 Å². The molecule has 0 saturated heterocycles. The number of quaternary nitrogens is 1. The minimum Gasteiger partial charge on any atom is -0.369 e. The number of carbonyl (C=O) groups is 1. The first kappa shape index (κ1) is 12.6. The van der Waals surface area contributed by atoms with Gasteiger partial charge < -0.3 is 6.15 Å². The third-order valence-electron chi connectivity index (χ3n) is 1.53. The van der Waals surface area contributed by atoms with Crippen LogP contribution in [0.25, 0.3) is 0 Å². The molecule has 0 unspecified atom stereocenters. The number of rotatable bonds is 3. The summed E-state index contributed by atoms with van der Waals surface area (Å²) in [6.45, 7) is 1.82. The third kappa shape index (κ3) is 5.00. The molecule has 4 N–H and O–H groups in total. The van der Waals surface area contributed by atoms with Crippen molar-refractivity contribution >= 4 is 9.04 Å². The second-order valence-corrected chi connectivity index (χ2v) is 7.92. The van der Waals surface area contributed by atoms with E-state index >= 15 is 0 Å². The Labute approximate surface area is 91.2 Å². The molecule has 0 aliphatic carbocycles. The van der Waals surface area contributed by atoms with Crippen LogP contribution >= 0.6 is 0 Å². The summed E-state index contributed by atoms with van der Waals surface area (Å²) in [5, 5.41) is 0. The van der Waals surface area contributed by atoms with Crippen molar-refractivity contribution in [2.24, 2.45) is 0 Å². The van der Waals surface area contributed by atoms with Gasteiger partial charge in [0.05, 0.1) is 0 Å². The number of hydrogen-bond acceptors (Lipinski definition) is 2. The Kier molecular flexibility index (Phi) is 6.81.